The Morgan fingerprint density at radius 1 is 1.28 bits per heavy atom. The van der Waals surface area contributed by atoms with Crippen LogP contribution >= 0.6 is 24.0 Å². The van der Waals surface area contributed by atoms with Gasteiger partial charge < -0.3 is 15.2 Å². The Balaban J connectivity index is 2.22. The second-order valence-electron chi connectivity index (χ2n) is 3.88. The van der Waals surface area contributed by atoms with Crippen LogP contribution in [0.3, 0.4) is 0 Å². The minimum atomic E-state index is -0.946. The standard InChI is InChI=1S/C12H13NO3S2/c14-10(5-17)11(15)8-3-1-7(2-4-8)9-6-18-12(16)13-9/h1-4,6,10-11,14-15,17H,5H2,(H,13,16). The number of nitrogens with one attached hydrogen (secondary N) is 1. The van der Waals surface area contributed by atoms with Crippen molar-refractivity contribution in [2.24, 2.45) is 0 Å². The Labute approximate surface area is 113 Å². The van der Waals surface area contributed by atoms with Crippen molar-refractivity contribution in [1.29, 1.82) is 0 Å². The first-order valence-corrected chi connectivity index (χ1v) is 6.88. The number of rotatable bonds is 4. The minimum Gasteiger partial charge on any atom is -0.389 e. The Bertz CT molecular complexity index is 561. The highest BCUT2D eigenvalue weighted by molar-refractivity contribution is 7.80. The third-order valence-electron chi connectivity index (χ3n) is 2.64. The highest BCUT2D eigenvalue weighted by Crippen LogP contribution is 2.22. The van der Waals surface area contributed by atoms with E-state index >= 15 is 0 Å². The summed E-state index contributed by atoms with van der Waals surface area (Å²) in [7, 11) is 0. The molecular formula is C12H13NO3S2. The van der Waals surface area contributed by atoms with Crippen LogP contribution in [-0.4, -0.2) is 27.1 Å². The molecular weight excluding hydrogens is 270 g/mol. The predicted octanol–water partition coefficient (Wildman–Crippen LogP) is 1.43. The molecule has 0 bridgehead atoms. The SMILES string of the molecule is O=c1[nH]c(-c2ccc(C(O)C(O)CS)cc2)cs1. The molecule has 96 valence electrons. The summed E-state index contributed by atoms with van der Waals surface area (Å²) in [5, 5.41) is 21.0. The molecule has 0 aliphatic heterocycles. The van der Waals surface area contributed by atoms with Crippen LogP contribution in [0.2, 0.25) is 0 Å². The fourth-order valence-corrected chi connectivity index (χ4v) is 2.39. The number of hydrogen-bond acceptors (Lipinski definition) is 5. The summed E-state index contributed by atoms with van der Waals surface area (Å²) in [5.74, 6) is 0.195. The van der Waals surface area contributed by atoms with E-state index in [4.69, 9.17) is 0 Å². The normalized spacial score (nSPS) is 14.4. The fourth-order valence-electron chi connectivity index (χ4n) is 1.60. The van der Waals surface area contributed by atoms with E-state index in [-0.39, 0.29) is 10.6 Å². The molecule has 1 heterocycles. The van der Waals surface area contributed by atoms with Crippen LogP contribution in [0.25, 0.3) is 11.3 Å². The number of hydrogen-bond donors (Lipinski definition) is 4. The van der Waals surface area contributed by atoms with Gasteiger partial charge >= 0.3 is 4.87 Å². The number of aliphatic hydroxyl groups is 2. The summed E-state index contributed by atoms with van der Waals surface area (Å²) in [5.41, 5.74) is 2.24. The number of benzene rings is 1. The summed E-state index contributed by atoms with van der Waals surface area (Å²) >= 11 is 5.04. The molecule has 0 saturated heterocycles. The molecule has 0 aliphatic carbocycles. The van der Waals surface area contributed by atoms with Crippen molar-refractivity contribution in [1.82, 2.24) is 4.98 Å². The Morgan fingerprint density at radius 3 is 2.44 bits per heavy atom. The second kappa shape index (κ2) is 5.71. The van der Waals surface area contributed by atoms with Crippen LogP contribution in [0.15, 0.2) is 34.4 Å². The zero-order chi connectivity index (χ0) is 13.1. The van der Waals surface area contributed by atoms with Gasteiger partial charge in [-0.3, -0.25) is 4.79 Å². The van der Waals surface area contributed by atoms with Gasteiger partial charge in [0.1, 0.15) is 6.10 Å². The lowest BCUT2D eigenvalue weighted by molar-refractivity contribution is 0.0338. The lowest BCUT2D eigenvalue weighted by Crippen LogP contribution is -2.19. The van der Waals surface area contributed by atoms with Gasteiger partial charge in [-0.2, -0.15) is 12.6 Å². The van der Waals surface area contributed by atoms with Gasteiger partial charge in [0.2, 0.25) is 0 Å². The topological polar surface area (TPSA) is 73.3 Å². The molecule has 4 nitrogen and oxygen atoms in total. The number of aromatic amines is 1. The number of H-pyrrole nitrogens is 1. The van der Waals surface area contributed by atoms with Crippen molar-refractivity contribution in [3.8, 4) is 11.3 Å². The summed E-state index contributed by atoms with van der Waals surface area (Å²) in [6.45, 7) is 0. The maximum atomic E-state index is 11.0. The van der Waals surface area contributed by atoms with Crippen molar-refractivity contribution in [3.63, 3.8) is 0 Å². The lowest BCUT2D eigenvalue weighted by Gasteiger charge is -2.16. The minimum absolute atomic E-state index is 0.0976. The first-order chi connectivity index (χ1) is 8.61. The van der Waals surface area contributed by atoms with E-state index in [1.165, 1.54) is 0 Å². The zero-order valence-electron chi connectivity index (χ0n) is 9.41. The molecule has 3 N–H and O–H groups in total. The van der Waals surface area contributed by atoms with Crippen LogP contribution in [0.1, 0.15) is 11.7 Å². The molecule has 0 amide bonds. The molecule has 6 heteroatoms. The summed E-state index contributed by atoms with van der Waals surface area (Å²) < 4.78 is 0. The molecule has 0 saturated carbocycles. The summed E-state index contributed by atoms with van der Waals surface area (Å²) in [6, 6.07) is 7.04. The van der Waals surface area contributed by atoms with Crippen LogP contribution in [0.4, 0.5) is 0 Å². The number of thiol groups is 1. The summed E-state index contributed by atoms with van der Waals surface area (Å²) in [6.07, 6.45) is -1.83. The van der Waals surface area contributed by atoms with E-state index in [0.29, 0.717) is 5.56 Å². The molecule has 1 aromatic carbocycles. The highest BCUT2D eigenvalue weighted by atomic mass is 32.1. The van der Waals surface area contributed by atoms with E-state index < -0.39 is 12.2 Å². The van der Waals surface area contributed by atoms with E-state index in [9.17, 15) is 15.0 Å². The predicted molar refractivity (Wildman–Crippen MR) is 75.2 cm³/mol. The lowest BCUT2D eigenvalue weighted by atomic mass is 10.0. The zero-order valence-corrected chi connectivity index (χ0v) is 11.1. The van der Waals surface area contributed by atoms with Crippen LogP contribution in [0.5, 0.6) is 0 Å². The molecule has 2 aromatic rings. The molecule has 2 atom stereocenters. The van der Waals surface area contributed by atoms with Gasteiger partial charge in [-0.05, 0) is 11.1 Å². The van der Waals surface area contributed by atoms with Crippen molar-refractivity contribution >= 4 is 24.0 Å². The van der Waals surface area contributed by atoms with E-state index in [0.717, 1.165) is 22.6 Å². The molecule has 1 aromatic heterocycles. The molecule has 2 unspecified atom stereocenters. The smallest absolute Gasteiger partial charge is 0.304 e. The third-order valence-corrected chi connectivity index (χ3v) is 3.68. The summed E-state index contributed by atoms with van der Waals surface area (Å²) in [4.78, 5) is 13.7. The van der Waals surface area contributed by atoms with Crippen molar-refractivity contribution in [2.45, 2.75) is 12.2 Å². The van der Waals surface area contributed by atoms with Crippen molar-refractivity contribution < 1.29 is 10.2 Å². The van der Waals surface area contributed by atoms with E-state index in [1.54, 1.807) is 29.6 Å². The van der Waals surface area contributed by atoms with E-state index in [1.807, 2.05) is 0 Å². The van der Waals surface area contributed by atoms with Crippen molar-refractivity contribution in [3.05, 3.63) is 44.9 Å². The highest BCUT2D eigenvalue weighted by Gasteiger charge is 2.16. The number of thiazole rings is 1. The molecule has 0 spiro atoms. The van der Waals surface area contributed by atoms with Gasteiger partial charge in [0.15, 0.2) is 0 Å². The van der Waals surface area contributed by atoms with Crippen LogP contribution in [-0.2, 0) is 0 Å². The van der Waals surface area contributed by atoms with Crippen molar-refractivity contribution in [2.75, 3.05) is 5.75 Å². The van der Waals surface area contributed by atoms with Gasteiger partial charge in [0.05, 0.1) is 11.8 Å². The van der Waals surface area contributed by atoms with Gasteiger partial charge in [-0.15, -0.1) is 0 Å². The maximum Gasteiger partial charge on any atom is 0.304 e. The quantitative estimate of drug-likeness (QED) is 0.641. The largest absolute Gasteiger partial charge is 0.389 e. The second-order valence-corrected chi connectivity index (χ2v) is 5.09. The average Bonchev–Trinajstić information content (AvgIpc) is 2.84. The van der Waals surface area contributed by atoms with Gasteiger partial charge in [-0.25, -0.2) is 0 Å². The molecule has 2 rings (SSSR count). The third kappa shape index (κ3) is 2.84. The number of aromatic nitrogens is 1. The Kier molecular flexibility index (Phi) is 4.23. The molecule has 18 heavy (non-hydrogen) atoms. The van der Waals surface area contributed by atoms with Gasteiger partial charge in [0, 0.05) is 11.1 Å². The molecule has 0 radical (unpaired) electrons. The Hall–Kier alpha value is -1.08. The first-order valence-electron chi connectivity index (χ1n) is 5.37. The fraction of sp³-hybridized carbons (Fsp3) is 0.250. The van der Waals surface area contributed by atoms with Gasteiger partial charge in [0.25, 0.3) is 0 Å². The van der Waals surface area contributed by atoms with Crippen LogP contribution < -0.4 is 4.87 Å². The molecule has 0 aliphatic rings. The Morgan fingerprint density at radius 2 is 1.94 bits per heavy atom. The van der Waals surface area contributed by atoms with Gasteiger partial charge in [-0.1, -0.05) is 35.6 Å². The molecule has 0 fully saturated rings. The number of aliphatic hydroxyl groups excluding tert-OH is 2. The first kappa shape index (κ1) is 13.4. The monoisotopic (exact) mass is 283 g/mol. The van der Waals surface area contributed by atoms with Crippen LogP contribution in [0, 0.1) is 0 Å². The average molecular weight is 283 g/mol. The maximum absolute atomic E-state index is 11.0. The van der Waals surface area contributed by atoms with E-state index in [2.05, 4.69) is 17.6 Å².